The molecule has 122 valence electrons. The first kappa shape index (κ1) is 16.0. The standard InChI is InChI=1S/C17H16ClN5O/c1-12(21-17(24)22-15-4-2-3-14(18)9-15)13-5-7-16(8-6-13)23-11-19-10-20-23/h2-12H,1H3,(H2,21,22,24)/t12-/m0/s1. The fourth-order valence-electron chi connectivity index (χ4n) is 2.27. The Morgan fingerprint density at radius 1 is 1.21 bits per heavy atom. The van der Waals surface area contributed by atoms with Crippen LogP contribution in [0.2, 0.25) is 5.02 Å². The van der Waals surface area contributed by atoms with E-state index in [1.807, 2.05) is 31.2 Å². The number of carbonyl (C=O) groups excluding carboxylic acids is 1. The number of urea groups is 1. The molecule has 1 aromatic heterocycles. The molecule has 0 aliphatic heterocycles. The van der Waals surface area contributed by atoms with Crippen LogP contribution in [0.1, 0.15) is 18.5 Å². The molecule has 0 fully saturated rings. The summed E-state index contributed by atoms with van der Waals surface area (Å²) in [6, 6.07) is 14.3. The monoisotopic (exact) mass is 341 g/mol. The summed E-state index contributed by atoms with van der Waals surface area (Å²) in [6.07, 6.45) is 3.12. The summed E-state index contributed by atoms with van der Waals surface area (Å²) >= 11 is 5.90. The highest BCUT2D eigenvalue weighted by Gasteiger charge is 2.10. The zero-order valence-electron chi connectivity index (χ0n) is 13.0. The summed E-state index contributed by atoms with van der Waals surface area (Å²) in [4.78, 5) is 16.0. The minimum Gasteiger partial charge on any atom is -0.331 e. The molecule has 0 saturated heterocycles. The van der Waals surface area contributed by atoms with Crippen molar-refractivity contribution in [3.8, 4) is 5.69 Å². The third-order valence-corrected chi connectivity index (χ3v) is 3.74. The van der Waals surface area contributed by atoms with Crippen molar-refractivity contribution in [1.29, 1.82) is 0 Å². The molecule has 3 rings (SSSR count). The normalized spacial score (nSPS) is 11.8. The van der Waals surface area contributed by atoms with E-state index in [2.05, 4.69) is 20.7 Å². The topological polar surface area (TPSA) is 71.8 Å². The van der Waals surface area contributed by atoms with Gasteiger partial charge >= 0.3 is 6.03 Å². The Bertz CT molecular complexity index is 817. The van der Waals surface area contributed by atoms with Gasteiger partial charge < -0.3 is 10.6 Å². The van der Waals surface area contributed by atoms with Gasteiger partial charge in [0.2, 0.25) is 0 Å². The number of rotatable bonds is 4. The highest BCUT2D eigenvalue weighted by molar-refractivity contribution is 6.30. The minimum atomic E-state index is -0.287. The number of hydrogen-bond donors (Lipinski definition) is 2. The maximum absolute atomic E-state index is 12.1. The molecular formula is C17H16ClN5O. The average Bonchev–Trinajstić information content (AvgIpc) is 3.09. The van der Waals surface area contributed by atoms with E-state index in [1.165, 1.54) is 6.33 Å². The smallest absolute Gasteiger partial charge is 0.319 e. The van der Waals surface area contributed by atoms with Crippen molar-refractivity contribution in [2.24, 2.45) is 0 Å². The maximum atomic E-state index is 12.1. The number of amides is 2. The predicted molar refractivity (Wildman–Crippen MR) is 93.4 cm³/mol. The molecular weight excluding hydrogens is 326 g/mol. The molecule has 2 aromatic carbocycles. The molecule has 0 aliphatic rings. The van der Waals surface area contributed by atoms with Crippen LogP contribution in [0, 0.1) is 0 Å². The predicted octanol–water partition coefficient (Wildman–Crippen LogP) is 3.80. The Balaban J connectivity index is 1.62. The van der Waals surface area contributed by atoms with Crippen molar-refractivity contribution in [1.82, 2.24) is 20.1 Å². The van der Waals surface area contributed by atoms with Crippen molar-refractivity contribution in [2.75, 3.05) is 5.32 Å². The summed E-state index contributed by atoms with van der Waals surface area (Å²) in [5, 5.41) is 10.3. The lowest BCUT2D eigenvalue weighted by atomic mass is 10.1. The van der Waals surface area contributed by atoms with Gasteiger partial charge in [-0.1, -0.05) is 29.8 Å². The van der Waals surface area contributed by atoms with E-state index in [0.717, 1.165) is 11.3 Å². The van der Waals surface area contributed by atoms with Crippen LogP contribution in [0.4, 0.5) is 10.5 Å². The summed E-state index contributed by atoms with van der Waals surface area (Å²) in [5.74, 6) is 0. The van der Waals surface area contributed by atoms with Gasteiger partial charge in [0, 0.05) is 10.7 Å². The lowest BCUT2D eigenvalue weighted by Gasteiger charge is -2.15. The van der Waals surface area contributed by atoms with Crippen LogP contribution in [0.5, 0.6) is 0 Å². The lowest BCUT2D eigenvalue weighted by Crippen LogP contribution is -2.31. The van der Waals surface area contributed by atoms with Gasteiger partial charge in [-0.3, -0.25) is 0 Å². The van der Waals surface area contributed by atoms with Crippen LogP contribution >= 0.6 is 11.6 Å². The Morgan fingerprint density at radius 2 is 2.00 bits per heavy atom. The highest BCUT2D eigenvalue weighted by atomic mass is 35.5. The largest absolute Gasteiger partial charge is 0.331 e. The molecule has 0 spiro atoms. The van der Waals surface area contributed by atoms with E-state index in [1.54, 1.807) is 35.3 Å². The molecule has 24 heavy (non-hydrogen) atoms. The molecule has 0 unspecified atom stereocenters. The number of benzene rings is 2. The van der Waals surface area contributed by atoms with Crippen LogP contribution in [-0.4, -0.2) is 20.8 Å². The fraction of sp³-hybridized carbons (Fsp3) is 0.118. The van der Waals surface area contributed by atoms with E-state index >= 15 is 0 Å². The van der Waals surface area contributed by atoms with Gasteiger partial charge in [0.15, 0.2) is 0 Å². The first-order chi connectivity index (χ1) is 11.6. The number of aromatic nitrogens is 3. The number of nitrogens with zero attached hydrogens (tertiary/aromatic N) is 3. The first-order valence-corrected chi connectivity index (χ1v) is 7.77. The Hall–Kier alpha value is -2.86. The number of anilines is 1. The lowest BCUT2D eigenvalue weighted by molar-refractivity contribution is 0.249. The molecule has 0 radical (unpaired) electrons. The third kappa shape index (κ3) is 3.91. The number of carbonyl (C=O) groups is 1. The molecule has 0 bridgehead atoms. The van der Waals surface area contributed by atoms with Crippen molar-refractivity contribution < 1.29 is 4.79 Å². The van der Waals surface area contributed by atoms with E-state index in [0.29, 0.717) is 10.7 Å². The van der Waals surface area contributed by atoms with Crippen LogP contribution < -0.4 is 10.6 Å². The van der Waals surface area contributed by atoms with Crippen molar-refractivity contribution >= 4 is 23.3 Å². The average molecular weight is 342 g/mol. The molecule has 0 saturated carbocycles. The number of halogens is 1. The number of hydrogen-bond acceptors (Lipinski definition) is 3. The second kappa shape index (κ2) is 7.14. The van der Waals surface area contributed by atoms with E-state index < -0.39 is 0 Å². The van der Waals surface area contributed by atoms with Crippen molar-refractivity contribution in [2.45, 2.75) is 13.0 Å². The van der Waals surface area contributed by atoms with Gasteiger partial charge in [-0.05, 0) is 42.8 Å². The van der Waals surface area contributed by atoms with Crippen LogP contribution in [0.25, 0.3) is 5.69 Å². The van der Waals surface area contributed by atoms with Gasteiger partial charge in [-0.25, -0.2) is 14.5 Å². The van der Waals surface area contributed by atoms with Gasteiger partial charge in [-0.15, -0.1) is 0 Å². The highest BCUT2D eigenvalue weighted by Crippen LogP contribution is 2.17. The van der Waals surface area contributed by atoms with Crippen LogP contribution in [-0.2, 0) is 0 Å². The van der Waals surface area contributed by atoms with Crippen molar-refractivity contribution in [3.63, 3.8) is 0 Å². The van der Waals surface area contributed by atoms with Crippen LogP contribution in [0.15, 0.2) is 61.2 Å². The third-order valence-electron chi connectivity index (χ3n) is 3.51. The molecule has 3 aromatic rings. The molecule has 2 amide bonds. The van der Waals surface area contributed by atoms with E-state index in [4.69, 9.17) is 11.6 Å². The summed E-state index contributed by atoms with van der Waals surface area (Å²) in [6.45, 7) is 1.92. The SMILES string of the molecule is C[C@H](NC(=O)Nc1cccc(Cl)c1)c1ccc(-n2cncn2)cc1. The minimum absolute atomic E-state index is 0.144. The fourth-order valence-corrected chi connectivity index (χ4v) is 2.46. The van der Waals surface area contributed by atoms with Gasteiger partial charge in [0.05, 0.1) is 11.7 Å². The Kier molecular flexibility index (Phi) is 4.77. The number of nitrogens with one attached hydrogen (secondary N) is 2. The quantitative estimate of drug-likeness (QED) is 0.758. The summed E-state index contributed by atoms with van der Waals surface area (Å²) in [5.41, 5.74) is 2.54. The molecule has 1 heterocycles. The zero-order valence-corrected chi connectivity index (χ0v) is 13.7. The summed E-state index contributed by atoms with van der Waals surface area (Å²) < 4.78 is 1.67. The molecule has 0 aliphatic carbocycles. The van der Waals surface area contributed by atoms with Gasteiger partial charge in [0.1, 0.15) is 12.7 Å². The second-order valence-corrected chi connectivity index (χ2v) is 5.70. The maximum Gasteiger partial charge on any atom is 0.319 e. The van der Waals surface area contributed by atoms with Crippen LogP contribution in [0.3, 0.4) is 0 Å². The Morgan fingerprint density at radius 3 is 2.67 bits per heavy atom. The molecule has 1 atom stereocenters. The molecule has 2 N–H and O–H groups in total. The Labute approximate surface area is 144 Å². The first-order valence-electron chi connectivity index (χ1n) is 7.40. The summed E-state index contributed by atoms with van der Waals surface area (Å²) in [7, 11) is 0. The molecule has 7 heteroatoms. The van der Waals surface area contributed by atoms with Gasteiger partial charge in [-0.2, -0.15) is 5.10 Å². The van der Waals surface area contributed by atoms with Gasteiger partial charge in [0.25, 0.3) is 0 Å². The zero-order chi connectivity index (χ0) is 16.9. The van der Waals surface area contributed by atoms with E-state index in [-0.39, 0.29) is 12.1 Å². The molecule has 6 nitrogen and oxygen atoms in total. The van der Waals surface area contributed by atoms with E-state index in [9.17, 15) is 4.79 Å². The second-order valence-electron chi connectivity index (χ2n) is 5.26. The van der Waals surface area contributed by atoms with Crippen molar-refractivity contribution in [3.05, 3.63) is 71.8 Å².